The Morgan fingerprint density at radius 2 is 1.87 bits per heavy atom. The molecule has 13 heteroatoms. The summed E-state index contributed by atoms with van der Waals surface area (Å²) in [6, 6.07) is 6.50. The molecule has 2 aromatic carbocycles. The summed E-state index contributed by atoms with van der Waals surface area (Å²) in [5.74, 6) is 0.852. The zero-order valence-electron chi connectivity index (χ0n) is 30.4. The number of hydrogen-bond acceptors (Lipinski definition) is 11. The number of aromatic hydroxyl groups is 1. The first kappa shape index (κ1) is 33.2. The van der Waals surface area contributed by atoms with Crippen LogP contribution in [0.3, 0.4) is 0 Å². The average molecular weight is 726 g/mol. The van der Waals surface area contributed by atoms with Crippen LogP contribution in [0.15, 0.2) is 29.4 Å². The van der Waals surface area contributed by atoms with Crippen LogP contribution in [0.1, 0.15) is 57.9 Å². The molecule has 278 valence electrons. The van der Waals surface area contributed by atoms with E-state index >= 15 is 8.78 Å². The number of anilines is 1. The van der Waals surface area contributed by atoms with Crippen LogP contribution in [-0.4, -0.2) is 94.8 Å². The topological polar surface area (TPSA) is 117 Å². The van der Waals surface area contributed by atoms with Crippen molar-refractivity contribution < 1.29 is 28.2 Å². The number of aryl methyl sites for hydroxylation is 1. The van der Waals surface area contributed by atoms with Crippen molar-refractivity contribution >= 4 is 33.2 Å². The number of likely N-dealkylation sites (tertiary alicyclic amines) is 1. The van der Waals surface area contributed by atoms with Crippen LogP contribution in [0, 0.1) is 28.9 Å². The van der Waals surface area contributed by atoms with Gasteiger partial charge in [-0.25, -0.2) is 13.8 Å². The summed E-state index contributed by atoms with van der Waals surface area (Å²) in [5.41, 5.74) is 1.85. The third-order valence-corrected chi connectivity index (χ3v) is 12.9. The lowest BCUT2D eigenvalue weighted by molar-refractivity contribution is 0.154. The van der Waals surface area contributed by atoms with Crippen LogP contribution in [0.4, 0.5) is 14.6 Å². The molecule has 4 aliphatic heterocycles. The maximum absolute atomic E-state index is 17.3. The van der Waals surface area contributed by atoms with Gasteiger partial charge in [0.2, 0.25) is 5.88 Å². The predicted octanol–water partition coefficient (Wildman–Crippen LogP) is 5.98. The van der Waals surface area contributed by atoms with Crippen molar-refractivity contribution in [1.29, 1.82) is 0 Å². The van der Waals surface area contributed by atoms with E-state index < -0.39 is 11.6 Å². The number of rotatable bonds is 8. The molecule has 6 aliphatic rings. The van der Waals surface area contributed by atoms with Gasteiger partial charge in [0, 0.05) is 49.2 Å². The normalized spacial score (nSPS) is 28.2. The highest BCUT2D eigenvalue weighted by Crippen LogP contribution is 2.50. The Bertz CT molecular complexity index is 2160. The zero-order valence-corrected chi connectivity index (χ0v) is 30.4. The highest BCUT2D eigenvalue weighted by atomic mass is 19.1. The molecular weight excluding hydrogens is 680 g/mol. The van der Waals surface area contributed by atoms with E-state index in [2.05, 4.69) is 20.3 Å². The number of nitrogens with zero attached hydrogens (tertiary/aromatic N) is 6. The molecule has 0 radical (unpaired) electrons. The van der Waals surface area contributed by atoms with Gasteiger partial charge in [0.05, 0.1) is 18.4 Å². The van der Waals surface area contributed by atoms with Gasteiger partial charge >= 0.3 is 6.01 Å². The Balaban J connectivity index is 1.05. The molecule has 6 unspecified atom stereocenters. The number of ether oxygens (including phenoxy) is 2. The summed E-state index contributed by atoms with van der Waals surface area (Å²) in [4.78, 5) is 24.5. The van der Waals surface area contributed by atoms with Crippen molar-refractivity contribution in [2.75, 3.05) is 44.8 Å². The third-order valence-electron chi connectivity index (χ3n) is 12.9. The number of phenolic OH excluding ortho intramolecular Hbond substituents is 1. The molecule has 2 saturated carbocycles. The molecule has 6 atom stereocenters. The summed E-state index contributed by atoms with van der Waals surface area (Å²) in [5, 5.41) is 20.3. The minimum Gasteiger partial charge on any atom is -0.508 e. The number of pyridine rings is 1. The maximum Gasteiger partial charge on any atom is 0.319 e. The van der Waals surface area contributed by atoms with Gasteiger partial charge in [-0.1, -0.05) is 18.1 Å². The number of hydrogen-bond donors (Lipinski definition) is 2. The first-order valence-corrected chi connectivity index (χ1v) is 19.2. The van der Waals surface area contributed by atoms with E-state index in [-0.39, 0.29) is 64.1 Å². The van der Waals surface area contributed by atoms with E-state index in [4.69, 9.17) is 29.3 Å². The molecule has 0 amide bonds. The van der Waals surface area contributed by atoms with Crippen molar-refractivity contribution in [2.45, 2.75) is 83.0 Å². The van der Waals surface area contributed by atoms with Crippen molar-refractivity contribution in [2.24, 2.45) is 22.4 Å². The van der Waals surface area contributed by atoms with Gasteiger partial charge in [-0.3, -0.25) is 0 Å². The number of aromatic nitrogens is 3. The monoisotopic (exact) mass is 725 g/mol. The number of nitrogens with one attached hydrogen (secondary N) is 1. The second-order valence-electron chi connectivity index (χ2n) is 16.4. The first-order valence-electron chi connectivity index (χ1n) is 19.2. The Morgan fingerprint density at radius 1 is 1.06 bits per heavy atom. The van der Waals surface area contributed by atoms with Gasteiger partial charge in [-0.15, -0.1) is 0 Å². The number of oxime groups is 1. The van der Waals surface area contributed by atoms with Gasteiger partial charge in [0.1, 0.15) is 47.2 Å². The smallest absolute Gasteiger partial charge is 0.319 e. The standard InChI is InChI=1S/C40H45F2N7O4/c1-4-27-29(41)7-5-21-13-26(50)14-28(31(21)27)34-33(42)35-32-37(49-17-24-6-8-30(43-24)36(49)20(2)53-38(32)44-34)46-39(45-35)52-19-40(9-10-40)18-48-15-22-11-25(47-51-3)12-23(22)16-48/h5,7,13-14,20,22-24,30,36,43,50H,4,6,8-12,15-19H2,1-3H3. The second kappa shape index (κ2) is 12.3. The summed E-state index contributed by atoms with van der Waals surface area (Å²) >= 11 is 0. The van der Waals surface area contributed by atoms with E-state index in [1.807, 2.05) is 13.8 Å². The van der Waals surface area contributed by atoms with Crippen LogP contribution in [0.2, 0.25) is 0 Å². The SMILES string of the molecule is CCc1c(F)ccc2cc(O)cc(-c3nc4c5c(nc(OCC6(CN7CC8CC(=NOC)CC8C7)CC6)nc5c3F)N3CC5CCC(N5)C3C(C)O4)c12. The van der Waals surface area contributed by atoms with Gasteiger partial charge in [0.25, 0.3) is 0 Å². The maximum atomic E-state index is 17.3. The van der Waals surface area contributed by atoms with Crippen LogP contribution >= 0.6 is 0 Å². The number of fused-ring (bicyclic) bond motifs is 7. The summed E-state index contributed by atoms with van der Waals surface area (Å²) in [7, 11) is 1.62. The van der Waals surface area contributed by atoms with Gasteiger partial charge < -0.3 is 34.5 Å². The molecule has 6 heterocycles. The molecule has 2 bridgehead atoms. The summed E-state index contributed by atoms with van der Waals surface area (Å²) in [6.07, 6.45) is 6.22. The quantitative estimate of drug-likeness (QED) is 0.210. The molecule has 2 aromatic heterocycles. The van der Waals surface area contributed by atoms with Crippen molar-refractivity contribution in [3.63, 3.8) is 0 Å². The average Bonchev–Trinajstić information content (AvgIpc) is 3.48. The fraction of sp³-hybridized carbons (Fsp3) is 0.550. The van der Waals surface area contributed by atoms with E-state index in [1.165, 1.54) is 17.8 Å². The molecule has 2 aliphatic carbocycles. The Morgan fingerprint density at radius 3 is 2.62 bits per heavy atom. The summed E-state index contributed by atoms with van der Waals surface area (Å²) in [6.45, 7) is 8.05. The van der Waals surface area contributed by atoms with E-state index in [1.54, 1.807) is 19.2 Å². The van der Waals surface area contributed by atoms with Crippen molar-refractivity contribution in [1.82, 2.24) is 25.2 Å². The number of phenols is 1. The number of benzene rings is 2. The lowest BCUT2D eigenvalue weighted by atomic mass is 9.94. The molecule has 53 heavy (non-hydrogen) atoms. The van der Waals surface area contributed by atoms with Crippen LogP contribution in [0.5, 0.6) is 17.6 Å². The fourth-order valence-electron chi connectivity index (χ4n) is 10.3. The number of piperazine rings is 1. The van der Waals surface area contributed by atoms with Gasteiger partial charge in [-0.2, -0.15) is 9.97 Å². The lowest BCUT2D eigenvalue weighted by Gasteiger charge is -2.42. The minimum atomic E-state index is -0.690. The first-order chi connectivity index (χ1) is 25.7. The Hall–Kier alpha value is -4.36. The molecule has 11 nitrogen and oxygen atoms in total. The van der Waals surface area contributed by atoms with E-state index in [0.717, 1.165) is 58.2 Å². The molecule has 5 fully saturated rings. The highest BCUT2D eigenvalue weighted by Gasteiger charge is 2.50. The van der Waals surface area contributed by atoms with Crippen LogP contribution in [0.25, 0.3) is 32.9 Å². The molecule has 0 spiro atoms. The van der Waals surface area contributed by atoms with Gasteiger partial charge in [0.15, 0.2) is 5.82 Å². The molecule has 4 aromatic rings. The molecular formula is C40H45F2N7O4. The molecule has 10 rings (SSSR count). The highest BCUT2D eigenvalue weighted by molar-refractivity contribution is 6.03. The molecule has 2 N–H and O–H groups in total. The second-order valence-corrected chi connectivity index (χ2v) is 16.4. The molecule has 3 saturated heterocycles. The van der Waals surface area contributed by atoms with Crippen LogP contribution < -0.4 is 19.7 Å². The largest absolute Gasteiger partial charge is 0.508 e. The zero-order chi connectivity index (χ0) is 36.2. The van der Waals surface area contributed by atoms with Crippen LogP contribution in [-0.2, 0) is 11.3 Å². The Kier molecular flexibility index (Phi) is 7.74. The van der Waals surface area contributed by atoms with E-state index in [0.29, 0.717) is 58.9 Å². The minimum absolute atomic E-state index is 0.00292. The van der Waals surface area contributed by atoms with Gasteiger partial charge in [-0.05, 0) is 98.2 Å². The third kappa shape index (κ3) is 5.47. The summed E-state index contributed by atoms with van der Waals surface area (Å²) < 4.78 is 45.7. The van der Waals surface area contributed by atoms with Crippen molar-refractivity contribution in [3.8, 4) is 28.9 Å². The van der Waals surface area contributed by atoms with E-state index in [9.17, 15) is 5.11 Å². The predicted molar refractivity (Wildman–Crippen MR) is 197 cm³/mol. The Labute approximate surface area is 306 Å². The lowest BCUT2D eigenvalue weighted by Crippen LogP contribution is -2.62. The number of halogens is 2. The van der Waals surface area contributed by atoms with Crippen molar-refractivity contribution in [3.05, 3.63) is 41.5 Å². The fourth-order valence-corrected chi connectivity index (χ4v) is 10.3.